The summed E-state index contributed by atoms with van der Waals surface area (Å²) in [5.41, 5.74) is 7.54. The number of hydroxylamine groups is 1. The van der Waals surface area contributed by atoms with Gasteiger partial charge in [-0.1, -0.05) is 11.9 Å². The Morgan fingerprint density at radius 1 is 1.47 bits per heavy atom. The zero-order valence-corrected chi connectivity index (χ0v) is 10.1. The first-order valence-corrected chi connectivity index (χ1v) is 6.07. The maximum atomic E-state index is 9.55. The molecule has 0 spiro atoms. The highest BCUT2D eigenvalue weighted by Crippen LogP contribution is 2.14. The van der Waals surface area contributed by atoms with Crippen LogP contribution < -0.4 is 21.3 Å². The number of hydrogen-bond acceptors (Lipinski definition) is 10. The molecule has 10 heteroatoms. The summed E-state index contributed by atoms with van der Waals surface area (Å²) in [6.45, 7) is 0.687. The Bertz CT molecular complexity index is 324. The van der Waals surface area contributed by atoms with Crippen molar-refractivity contribution in [3.05, 3.63) is 5.69 Å². The highest BCUT2D eigenvalue weighted by molar-refractivity contribution is 7.96. The van der Waals surface area contributed by atoms with Crippen LogP contribution in [0.4, 0.5) is 5.82 Å². The van der Waals surface area contributed by atoms with Gasteiger partial charge in [0.1, 0.15) is 6.17 Å². The lowest BCUT2D eigenvalue weighted by molar-refractivity contribution is 0.124. The van der Waals surface area contributed by atoms with Crippen LogP contribution in [0.1, 0.15) is 11.9 Å². The third-order valence-corrected chi connectivity index (χ3v) is 2.37. The first kappa shape index (κ1) is 14.2. The minimum Gasteiger partial charge on any atom is -0.390 e. The Kier molecular flexibility index (Phi) is 6.18. The Balaban J connectivity index is 2.43. The molecular formula is C7H16N6O3S. The molecule has 0 aliphatic rings. The molecule has 1 aromatic heterocycles. The Morgan fingerprint density at radius 3 is 2.88 bits per heavy atom. The zero-order valence-electron chi connectivity index (χ0n) is 9.25. The molecule has 0 bridgehead atoms. The second-order valence-electron chi connectivity index (χ2n) is 3.19. The molecule has 0 radical (unpaired) electrons. The van der Waals surface area contributed by atoms with Crippen molar-refractivity contribution in [2.24, 2.45) is 5.73 Å². The number of nitrogens with two attached hydrogens (primary N) is 1. The lowest BCUT2D eigenvalue weighted by Gasteiger charge is -2.12. The quantitative estimate of drug-likeness (QED) is 0.189. The molecule has 0 saturated heterocycles. The van der Waals surface area contributed by atoms with E-state index in [9.17, 15) is 5.11 Å². The number of nitrogens with one attached hydrogen (secondary N) is 3. The van der Waals surface area contributed by atoms with E-state index in [2.05, 4.69) is 25.0 Å². The minimum atomic E-state index is -0.898. The van der Waals surface area contributed by atoms with Gasteiger partial charge < -0.3 is 21.4 Å². The zero-order chi connectivity index (χ0) is 12.7. The van der Waals surface area contributed by atoms with Crippen LogP contribution in [0, 0.1) is 0 Å². The summed E-state index contributed by atoms with van der Waals surface area (Å²) in [6.07, 6.45) is 0.377. The molecule has 0 saturated carbocycles. The predicted octanol–water partition coefficient (Wildman–Crippen LogP) is -1.35. The van der Waals surface area contributed by atoms with E-state index in [0.29, 0.717) is 6.54 Å². The van der Waals surface area contributed by atoms with E-state index in [-0.39, 0.29) is 18.1 Å². The van der Waals surface area contributed by atoms with Gasteiger partial charge in [0.15, 0.2) is 11.5 Å². The van der Waals surface area contributed by atoms with Crippen molar-refractivity contribution in [1.82, 2.24) is 20.5 Å². The molecule has 1 rings (SSSR count). The van der Waals surface area contributed by atoms with Crippen molar-refractivity contribution in [2.45, 2.75) is 12.3 Å². The van der Waals surface area contributed by atoms with Gasteiger partial charge in [-0.15, -0.1) is 0 Å². The summed E-state index contributed by atoms with van der Waals surface area (Å²) in [5.74, 6) is 0.280. The molecule has 0 fully saturated rings. The average molecular weight is 264 g/mol. The van der Waals surface area contributed by atoms with Crippen molar-refractivity contribution in [3.63, 3.8) is 0 Å². The average Bonchev–Trinajstić information content (AvgIpc) is 2.81. The maximum absolute atomic E-state index is 9.55. The lowest BCUT2D eigenvalue weighted by atomic mass is 10.3. The van der Waals surface area contributed by atoms with Crippen LogP contribution in [0.15, 0.2) is 4.63 Å². The topological polar surface area (TPSA) is 141 Å². The lowest BCUT2D eigenvalue weighted by Crippen LogP contribution is -2.31. The van der Waals surface area contributed by atoms with E-state index in [1.54, 1.807) is 0 Å². The summed E-state index contributed by atoms with van der Waals surface area (Å²) < 4.78 is 7.40. The van der Waals surface area contributed by atoms with Gasteiger partial charge in [-0.3, -0.25) is 4.72 Å². The van der Waals surface area contributed by atoms with Crippen molar-refractivity contribution >= 4 is 17.8 Å². The summed E-state index contributed by atoms with van der Waals surface area (Å²) >= 11 is 1.42. The van der Waals surface area contributed by atoms with Gasteiger partial charge in [0.25, 0.3) is 0 Å². The third kappa shape index (κ3) is 4.46. The van der Waals surface area contributed by atoms with Crippen LogP contribution in [-0.2, 0) is 0 Å². The maximum Gasteiger partial charge on any atom is 0.197 e. The van der Waals surface area contributed by atoms with Crippen LogP contribution in [0.25, 0.3) is 0 Å². The standard InChI is InChI=1S/C7H16N6O3S/c1-17-10-3-4(14)2-9-7-5(6(8)11-15)12-16-13-7/h4,6,10-11,14-15H,2-3,8H2,1H3,(H,9,13). The molecule has 2 unspecified atom stereocenters. The van der Waals surface area contributed by atoms with E-state index >= 15 is 0 Å². The highest BCUT2D eigenvalue weighted by Gasteiger charge is 2.17. The Morgan fingerprint density at radius 2 is 2.24 bits per heavy atom. The van der Waals surface area contributed by atoms with E-state index in [0.717, 1.165) is 0 Å². The Hall–Kier alpha value is -0.910. The summed E-state index contributed by atoms with van der Waals surface area (Å²) in [6, 6.07) is 0. The van der Waals surface area contributed by atoms with Crippen LogP contribution in [-0.4, -0.2) is 46.1 Å². The molecule has 7 N–H and O–H groups in total. The smallest absolute Gasteiger partial charge is 0.197 e. The van der Waals surface area contributed by atoms with Gasteiger partial charge in [0.2, 0.25) is 0 Å². The van der Waals surface area contributed by atoms with Gasteiger partial charge in [0.05, 0.1) is 6.10 Å². The number of rotatable bonds is 8. The first-order valence-electron chi connectivity index (χ1n) is 4.84. The second kappa shape index (κ2) is 7.42. The molecule has 1 heterocycles. The molecule has 0 amide bonds. The van der Waals surface area contributed by atoms with Gasteiger partial charge in [-0.2, -0.15) is 5.48 Å². The number of nitrogens with zero attached hydrogens (tertiary/aromatic N) is 2. The van der Waals surface area contributed by atoms with E-state index in [1.165, 1.54) is 11.9 Å². The number of anilines is 1. The minimum absolute atomic E-state index is 0.234. The summed E-state index contributed by atoms with van der Waals surface area (Å²) in [7, 11) is 0. The van der Waals surface area contributed by atoms with Gasteiger partial charge in [-0.05, 0) is 16.6 Å². The molecule has 17 heavy (non-hydrogen) atoms. The molecule has 9 nitrogen and oxygen atoms in total. The van der Waals surface area contributed by atoms with Crippen LogP contribution in [0.2, 0.25) is 0 Å². The van der Waals surface area contributed by atoms with E-state index < -0.39 is 12.3 Å². The predicted molar refractivity (Wildman–Crippen MR) is 62.2 cm³/mol. The third-order valence-electron chi connectivity index (χ3n) is 1.92. The number of aliphatic hydroxyl groups excluding tert-OH is 1. The van der Waals surface area contributed by atoms with Crippen molar-refractivity contribution in [2.75, 3.05) is 24.7 Å². The molecular weight excluding hydrogens is 248 g/mol. The fourth-order valence-electron chi connectivity index (χ4n) is 1.05. The van der Waals surface area contributed by atoms with Gasteiger partial charge in [0, 0.05) is 13.1 Å². The fraction of sp³-hybridized carbons (Fsp3) is 0.714. The van der Waals surface area contributed by atoms with E-state index in [4.69, 9.17) is 10.9 Å². The van der Waals surface area contributed by atoms with E-state index in [1.807, 2.05) is 11.7 Å². The number of aromatic nitrogens is 2. The monoisotopic (exact) mass is 264 g/mol. The second-order valence-corrected chi connectivity index (χ2v) is 3.89. The van der Waals surface area contributed by atoms with Crippen LogP contribution >= 0.6 is 11.9 Å². The molecule has 2 atom stereocenters. The number of hydrogen-bond donors (Lipinski definition) is 6. The van der Waals surface area contributed by atoms with Crippen LogP contribution in [0.3, 0.4) is 0 Å². The highest BCUT2D eigenvalue weighted by atomic mass is 32.2. The summed E-state index contributed by atoms with van der Waals surface area (Å²) in [4.78, 5) is 0. The Labute approximate surface area is 102 Å². The van der Waals surface area contributed by atoms with Crippen molar-refractivity contribution in [3.8, 4) is 0 Å². The fourth-order valence-corrected chi connectivity index (χ4v) is 1.41. The van der Waals surface area contributed by atoms with Crippen molar-refractivity contribution < 1.29 is 14.9 Å². The van der Waals surface area contributed by atoms with Gasteiger partial charge >= 0.3 is 0 Å². The molecule has 0 aromatic carbocycles. The number of aliphatic hydroxyl groups is 1. The molecule has 98 valence electrons. The SMILES string of the molecule is CSNCC(O)CNc1nonc1C(N)NO. The molecule has 0 aliphatic carbocycles. The largest absolute Gasteiger partial charge is 0.390 e. The first-order chi connectivity index (χ1) is 8.19. The summed E-state index contributed by atoms with van der Waals surface area (Å²) in [5, 5.41) is 28.1. The van der Waals surface area contributed by atoms with Crippen molar-refractivity contribution in [1.29, 1.82) is 0 Å². The molecule has 1 aromatic rings. The normalized spacial score (nSPS) is 14.6. The van der Waals surface area contributed by atoms with Gasteiger partial charge in [-0.25, -0.2) is 4.63 Å². The van der Waals surface area contributed by atoms with Crippen LogP contribution in [0.5, 0.6) is 0 Å². The molecule has 0 aliphatic heterocycles.